The van der Waals surface area contributed by atoms with Gasteiger partial charge in [-0.15, -0.1) is 0 Å². The highest BCUT2D eigenvalue weighted by Crippen LogP contribution is 2.33. The minimum Gasteiger partial charge on any atom is -0.452 e. The zero-order chi connectivity index (χ0) is 8.55. The van der Waals surface area contributed by atoms with Gasteiger partial charge in [-0.2, -0.15) is 0 Å². The van der Waals surface area contributed by atoms with E-state index in [1.54, 1.807) is 24.3 Å². The third-order valence-electron chi connectivity index (χ3n) is 1.58. The molecule has 0 saturated carbocycles. The first-order valence-electron chi connectivity index (χ1n) is 3.56. The molecule has 4 nitrogen and oxygen atoms in total. The summed E-state index contributed by atoms with van der Waals surface area (Å²) in [4.78, 5) is 0. The Morgan fingerprint density at radius 3 is 2.00 bits per heavy atom. The molecule has 62 valence electrons. The quantitative estimate of drug-likeness (QED) is 0.567. The number of para-hydroxylation sites is 2. The SMILES string of the molecule is OB(O)C1Oc2ccccc2O1. The zero-order valence-electron chi connectivity index (χ0n) is 6.18. The number of fused-ring (bicyclic) bond motifs is 1. The molecule has 0 radical (unpaired) electrons. The molecule has 0 bridgehead atoms. The Hall–Kier alpha value is -1.20. The Kier molecular flexibility index (Phi) is 1.67. The van der Waals surface area contributed by atoms with Gasteiger partial charge in [-0.1, -0.05) is 12.1 Å². The molecule has 0 aromatic heterocycles. The van der Waals surface area contributed by atoms with Gasteiger partial charge in [0.15, 0.2) is 11.5 Å². The summed E-state index contributed by atoms with van der Waals surface area (Å²) in [5.41, 5.74) is 0. The highest BCUT2D eigenvalue weighted by molar-refractivity contribution is 6.42. The maximum Gasteiger partial charge on any atom is 0.542 e. The Morgan fingerprint density at radius 2 is 1.58 bits per heavy atom. The van der Waals surface area contributed by atoms with Gasteiger partial charge in [-0.05, 0) is 12.1 Å². The fourth-order valence-corrected chi connectivity index (χ4v) is 1.04. The molecule has 1 aliphatic heterocycles. The predicted molar refractivity (Wildman–Crippen MR) is 41.7 cm³/mol. The predicted octanol–water partition coefficient (Wildman–Crippen LogP) is -0.204. The summed E-state index contributed by atoms with van der Waals surface area (Å²) < 4.78 is 10.1. The van der Waals surface area contributed by atoms with E-state index in [1.165, 1.54) is 0 Å². The molecule has 0 fully saturated rings. The summed E-state index contributed by atoms with van der Waals surface area (Å²) in [5, 5.41) is 17.5. The van der Waals surface area contributed by atoms with Gasteiger partial charge in [-0.25, -0.2) is 0 Å². The Morgan fingerprint density at radius 1 is 1.08 bits per heavy atom. The van der Waals surface area contributed by atoms with Crippen LogP contribution in [0.4, 0.5) is 0 Å². The average Bonchev–Trinajstić information content (AvgIpc) is 2.46. The fraction of sp³-hybridized carbons (Fsp3) is 0.143. The Balaban J connectivity index is 2.22. The lowest BCUT2D eigenvalue weighted by molar-refractivity contribution is 0.0867. The Labute approximate surface area is 69.5 Å². The van der Waals surface area contributed by atoms with Crippen LogP contribution in [0.3, 0.4) is 0 Å². The molecule has 1 aliphatic rings. The molecule has 1 heterocycles. The van der Waals surface area contributed by atoms with Crippen LogP contribution in [-0.2, 0) is 0 Å². The van der Waals surface area contributed by atoms with Crippen LogP contribution in [0.5, 0.6) is 11.5 Å². The first-order valence-corrected chi connectivity index (χ1v) is 3.56. The van der Waals surface area contributed by atoms with Crippen molar-refractivity contribution in [1.29, 1.82) is 0 Å². The van der Waals surface area contributed by atoms with E-state index in [0.717, 1.165) is 0 Å². The van der Waals surface area contributed by atoms with Crippen LogP contribution in [0.2, 0.25) is 0 Å². The van der Waals surface area contributed by atoms with Crippen molar-refractivity contribution in [3.63, 3.8) is 0 Å². The van der Waals surface area contributed by atoms with E-state index in [0.29, 0.717) is 11.5 Å². The summed E-state index contributed by atoms with van der Waals surface area (Å²) in [6.07, 6.45) is -0.998. The first kappa shape index (κ1) is 7.45. The molecular weight excluding hydrogens is 159 g/mol. The molecule has 0 amide bonds. The molecule has 0 aliphatic carbocycles. The molecule has 0 unspecified atom stereocenters. The molecule has 5 heteroatoms. The van der Waals surface area contributed by atoms with Crippen LogP contribution in [0.25, 0.3) is 0 Å². The first-order chi connectivity index (χ1) is 5.77. The highest BCUT2D eigenvalue weighted by Gasteiger charge is 2.34. The van der Waals surface area contributed by atoms with Crippen molar-refractivity contribution in [3.8, 4) is 11.5 Å². The van der Waals surface area contributed by atoms with Crippen LogP contribution in [-0.4, -0.2) is 23.4 Å². The van der Waals surface area contributed by atoms with E-state index in [1.807, 2.05) is 0 Å². The molecule has 0 saturated heterocycles. The second kappa shape index (κ2) is 2.69. The van der Waals surface area contributed by atoms with Gasteiger partial charge >= 0.3 is 7.12 Å². The van der Waals surface area contributed by atoms with Gasteiger partial charge in [0, 0.05) is 0 Å². The van der Waals surface area contributed by atoms with E-state index >= 15 is 0 Å². The smallest absolute Gasteiger partial charge is 0.452 e. The van der Waals surface area contributed by atoms with Crippen molar-refractivity contribution in [1.82, 2.24) is 0 Å². The summed E-state index contributed by atoms with van der Waals surface area (Å²) >= 11 is 0. The second-order valence-electron chi connectivity index (χ2n) is 2.46. The number of rotatable bonds is 1. The fourth-order valence-electron chi connectivity index (χ4n) is 1.04. The van der Waals surface area contributed by atoms with Crippen molar-refractivity contribution in [2.24, 2.45) is 0 Å². The molecule has 1 aromatic rings. The monoisotopic (exact) mass is 166 g/mol. The van der Waals surface area contributed by atoms with Gasteiger partial charge < -0.3 is 19.5 Å². The van der Waals surface area contributed by atoms with Crippen LogP contribution >= 0.6 is 0 Å². The minimum absolute atomic E-state index is 0.538. The summed E-state index contributed by atoms with van der Waals surface area (Å²) in [5.74, 6) is 1.08. The third kappa shape index (κ3) is 1.13. The average molecular weight is 166 g/mol. The normalized spacial score (nSPS) is 14.8. The lowest BCUT2D eigenvalue weighted by atomic mass is 9.91. The highest BCUT2D eigenvalue weighted by atomic mass is 16.7. The number of hydrogen-bond acceptors (Lipinski definition) is 4. The van der Waals surface area contributed by atoms with Crippen molar-refractivity contribution in [2.75, 3.05) is 0 Å². The van der Waals surface area contributed by atoms with Gasteiger partial charge in [0.25, 0.3) is 6.19 Å². The van der Waals surface area contributed by atoms with E-state index in [2.05, 4.69) is 0 Å². The third-order valence-corrected chi connectivity index (χ3v) is 1.58. The molecule has 0 atom stereocenters. The zero-order valence-corrected chi connectivity index (χ0v) is 6.18. The molecule has 2 rings (SSSR count). The van der Waals surface area contributed by atoms with Gasteiger partial charge in [0.05, 0.1) is 0 Å². The summed E-state index contributed by atoms with van der Waals surface area (Å²) in [6, 6.07) is 6.98. The number of hydrogen-bond donors (Lipinski definition) is 2. The topological polar surface area (TPSA) is 58.9 Å². The van der Waals surface area contributed by atoms with E-state index < -0.39 is 13.3 Å². The van der Waals surface area contributed by atoms with Gasteiger partial charge in [0.2, 0.25) is 0 Å². The largest absolute Gasteiger partial charge is 0.542 e. The molecule has 1 aromatic carbocycles. The molecule has 2 N–H and O–H groups in total. The Bertz CT molecular complexity index is 263. The second-order valence-corrected chi connectivity index (χ2v) is 2.46. The number of benzene rings is 1. The van der Waals surface area contributed by atoms with Crippen molar-refractivity contribution >= 4 is 7.12 Å². The van der Waals surface area contributed by atoms with Crippen molar-refractivity contribution < 1.29 is 19.5 Å². The molecule has 0 spiro atoms. The van der Waals surface area contributed by atoms with Gasteiger partial charge in [0.1, 0.15) is 0 Å². The lowest BCUT2D eigenvalue weighted by Gasteiger charge is -2.06. The van der Waals surface area contributed by atoms with Crippen LogP contribution < -0.4 is 9.47 Å². The number of ether oxygens (including phenoxy) is 2. The van der Waals surface area contributed by atoms with Gasteiger partial charge in [-0.3, -0.25) is 0 Å². The summed E-state index contributed by atoms with van der Waals surface area (Å²) in [7, 11) is -1.61. The minimum atomic E-state index is -1.61. The van der Waals surface area contributed by atoms with Crippen LogP contribution in [0.15, 0.2) is 24.3 Å². The lowest BCUT2D eigenvalue weighted by Crippen LogP contribution is -2.37. The van der Waals surface area contributed by atoms with E-state index in [4.69, 9.17) is 19.5 Å². The van der Waals surface area contributed by atoms with Crippen LogP contribution in [0, 0.1) is 0 Å². The van der Waals surface area contributed by atoms with E-state index in [-0.39, 0.29) is 0 Å². The van der Waals surface area contributed by atoms with Crippen molar-refractivity contribution in [3.05, 3.63) is 24.3 Å². The van der Waals surface area contributed by atoms with E-state index in [9.17, 15) is 0 Å². The van der Waals surface area contributed by atoms with Crippen LogP contribution in [0.1, 0.15) is 0 Å². The maximum absolute atomic E-state index is 8.73. The molecular formula is C7H7BO4. The summed E-state index contributed by atoms with van der Waals surface area (Å²) in [6.45, 7) is 0. The standard InChI is InChI=1S/C7H7BO4/c9-8(10)7-11-5-3-1-2-4-6(5)12-7/h1-4,7,9-10H. The maximum atomic E-state index is 8.73. The molecule has 12 heavy (non-hydrogen) atoms. The van der Waals surface area contributed by atoms with Crippen molar-refractivity contribution in [2.45, 2.75) is 6.19 Å².